The predicted molar refractivity (Wildman–Crippen MR) is 81.8 cm³/mol. The lowest BCUT2D eigenvalue weighted by atomic mass is 10.1. The third-order valence-electron chi connectivity index (χ3n) is 3.69. The van der Waals surface area contributed by atoms with Crippen molar-refractivity contribution in [2.24, 2.45) is 0 Å². The Balaban J connectivity index is 2.11. The van der Waals surface area contributed by atoms with Gasteiger partial charge in [-0.2, -0.15) is 5.10 Å². The van der Waals surface area contributed by atoms with Crippen LogP contribution in [-0.4, -0.2) is 16.8 Å². The number of hydrogen-bond donors (Lipinski definition) is 1. The molecule has 2 aromatic heterocycles. The number of rotatable bonds is 6. The van der Waals surface area contributed by atoms with Crippen LogP contribution in [0.1, 0.15) is 48.5 Å². The van der Waals surface area contributed by atoms with Crippen LogP contribution in [0.25, 0.3) is 0 Å². The van der Waals surface area contributed by atoms with Crippen molar-refractivity contribution in [2.75, 3.05) is 7.05 Å². The zero-order valence-electron chi connectivity index (χ0n) is 12.2. The highest BCUT2D eigenvalue weighted by Gasteiger charge is 2.15. The molecule has 0 bridgehead atoms. The van der Waals surface area contributed by atoms with Gasteiger partial charge in [-0.15, -0.1) is 11.3 Å². The summed E-state index contributed by atoms with van der Waals surface area (Å²) in [6, 6.07) is 5.16. The summed E-state index contributed by atoms with van der Waals surface area (Å²) in [6.45, 7) is 6.57. The van der Waals surface area contributed by atoms with Gasteiger partial charge in [0.2, 0.25) is 0 Å². The lowest BCUT2D eigenvalue weighted by Gasteiger charge is -2.15. The molecular formula is C15H23N3S. The van der Waals surface area contributed by atoms with E-state index in [-0.39, 0.29) is 0 Å². The first-order valence-corrected chi connectivity index (χ1v) is 7.79. The van der Waals surface area contributed by atoms with Gasteiger partial charge in [-0.05, 0) is 50.4 Å². The van der Waals surface area contributed by atoms with Crippen molar-refractivity contribution in [3.05, 3.63) is 39.8 Å². The second kappa shape index (κ2) is 6.35. The normalized spacial score (nSPS) is 14.5. The average Bonchev–Trinajstić information content (AvgIpc) is 3.04. The highest BCUT2D eigenvalue weighted by Crippen LogP contribution is 2.26. The Bertz CT molecular complexity index is 515. The van der Waals surface area contributed by atoms with Gasteiger partial charge in [0.25, 0.3) is 0 Å². The van der Waals surface area contributed by atoms with E-state index in [0.29, 0.717) is 12.1 Å². The smallest absolute Gasteiger partial charge is 0.0644 e. The minimum absolute atomic E-state index is 0.361. The van der Waals surface area contributed by atoms with Gasteiger partial charge in [0.05, 0.1) is 5.69 Å². The van der Waals surface area contributed by atoms with E-state index in [1.807, 2.05) is 18.4 Å². The molecule has 0 aliphatic rings. The lowest BCUT2D eigenvalue weighted by Crippen LogP contribution is -2.19. The van der Waals surface area contributed by atoms with Crippen molar-refractivity contribution in [1.82, 2.24) is 15.1 Å². The zero-order valence-corrected chi connectivity index (χ0v) is 13.0. The second-order valence-electron chi connectivity index (χ2n) is 5.06. The summed E-state index contributed by atoms with van der Waals surface area (Å²) in [6.07, 6.45) is 4.15. The van der Waals surface area contributed by atoms with E-state index >= 15 is 0 Å². The summed E-state index contributed by atoms with van der Waals surface area (Å²) in [5.41, 5.74) is 2.53. The number of aryl methyl sites for hydroxylation is 1. The maximum Gasteiger partial charge on any atom is 0.0644 e. The summed E-state index contributed by atoms with van der Waals surface area (Å²) in [7, 11) is 2.02. The van der Waals surface area contributed by atoms with E-state index in [1.54, 1.807) is 0 Å². The first-order chi connectivity index (χ1) is 9.15. The number of nitrogens with zero attached hydrogens (tertiary/aromatic N) is 2. The molecule has 4 heteroatoms. The SMILES string of the molecule is CCC(C)n1ccc(CC(NC)c2sccc2C)n1. The van der Waals surface area contributed by atoms with Crippen LogP contribution in [0.5, 0.6) is 0 Å². The summed E-state index contributed by atoms with van der Waals surface area (Å²) in [5, 5.41) is 10.3. The first-order valence-electron chi connectivity index (χ1n) is 6.91. The minimum Gasteiger partial charge on any atom is -0.312 e. The highest BCUT2D eigenvalue weighted by atomic mass is 32.1. The number of thiophene rings is 1. The quantitative estimate of drug-likeness (QED) is 0.872. The van der Waals surface area contributed by atoms with Gasteiger partial charge in [-0.1, -0.05) is 6.92 Å². The fraction of sp³-hybridized carbons (Fsp3) is 0.533. The molecule has 3 nitrogen and oxygen atoms in total. The molecule has 2 heterocycles. The van der Waals surface area contributed by atoms with E-state index in [1.165, 1.54) is 10.4 Å². The van der Waals surface area contributed by atoms with Crippen molar-refractivity contribution >= 4 is 11.3 Å². The molecule has 2 atom stereocenters. The molecule has 0 radical (unpaired) electrons. The van der Waals surface area contributed by atoms with E-state index in [9.17, 15) is 0 Å². The largest absolute Gasteiger partial charge is 0.312 e. The number of hydrogen-bond acceptors (Lipinski definition) is 3. The molecule has 2 aromatic rings. The van der Waals surface area contributed by atoms with Gasteiger partial charge < -0.3 is 5.32 Å². The molecule has 0 spiro atoms. The van der Waals surface area contributed by atoms with Crippen LogP contribution in [0.2, 0.25) is 0 Å². The van der Waals surface area contributed by atoms with Gasteiger partial charge in [0, 0.05) is 29.6 Å². The molecule has 19 heavy (non-hydrogen) atoms. The van der Waals surface area contributed by atoms with Gasteiger partial charge in [0.1, 0.15) is 0 Å². The van der Waals surface area contributed by atoms with Gasteiger partial charge in [0.15, 0.2) is 0 Å². The van der Waals surface area contributed by atoms with Crippen LogP contribution in [0.15, 0.2) is 23.7 Å². The Morgan fingerprint density at radius 2 is 2.21 bits per heavy atom. The standard InChI is InChI=1S/C15H23N3S/c1-5-12(3)18-8-6-13(17-18)10-14(16-4)15-11(2)7-9-19-15/h6-9,12,14,16H,5,10H2,1-4H3. The maximum atomic E-state index is 4.69. The summed E-state index contributed by atoms with van der Waals surface area (Å²) in [5.74, 6) is 0. The Hall–Kier alpha value is -1.13. The Morgan fingerprint density at radius 3 is 2.79 bits per heavy atom. The summed E-state index contributed by atoms with van der Waals surface area (Å²) >= 11 is 1.82. The summed E-state index contributed by atoms with van der Waals surface area (Å²) < 4.78 is 2.07. The molecule has 0 saturated carbocycles. The van der Waals surface area contributed by atoms with E-state index < -0.39 is 0 Å². The number of nitrogens with one attached hydrogen (secondary N) is 1. The minimum atomic E-state index is 0.361. The van der Waals surface area contributed by atoms with Gasteiger partial charge in [-0.25, -0.2) is 0 Å². The molecule has 0 aromatic carbocycles. The fourth-order valence-corrected chi connectivity index (χ4v) is 3.23. The molecule has 1 N–H and O–H groups in total. The molecule has 0 fully saturated rings. The van der Waals surface area contributed by atoms with Crippen LogP contribution in [0.4, 0.5) is 0 Å². The van der Waals surface area contributed by atoms with Crippen molar-refractivity contribution in [1.29, 1.82) is 0 Å². The van der Waals surface area contributed by atoms with E-state index in [4.69, 9.17) is 0 Å². The van der Waals surface area contributed by atoms with Crippen LogP contribution in [0, 0.1) is 6.92 Å². The molecule has 0 amide bonds. The van der Waals surface area contributed by atoms with Crippen LogP contribution >= 0.6 is 11.3 Å². The number of aromatic nitrogens is 2. The van der Waals surface area contributed by atoms with Gasteiger partial charge in [-0.3, -0.25) is 4.68 Å². The Labute approximate surface area is 119 Å². The highest BCUT2D eigenvalue weighted by molar-refractivity contribution is 7.10. The molecule has 0 saturated heterocycles. The van der Waals surface area contributed by atoms with Crippen LogP contribution in [0.3, 0.4) is 0 Å². The van der Waals surface area contributed by atoms with Crippen molar-refractivity contribution in [3.8, 4) is 0 Å². The van der Waals surface area contributed by atoms with Crippen molar-refractivity contribution in [2.45, 2.75) is 45.7 Å². The number of likely N-dealkylation sites (N-methyl/N-ethyl adjacent to an activating group) is 1. The molecule has 104 valence electrons. The van der Waals surface area contributed by atoms with E-state index in [2.05, 4.69) is 59.6 Å². The molecular weight excluding hydrogens is 254 g/mol. The zero-order chi connectivity index (χ0) is 13.8. The second-order valence-corrected chi connectivity index (χ2v) is 6.01. The Kier molecular flexibility index (Phi) is 4.77. The third-order valence-corrected chi connectivity index (χ3v) is 4.82. The topological polar surface area (TPSA) is 29.9 Å². The molecule has 0 aliphatic carbocycles. The average molecular weight is 277 g/mol. The fourth-order valence-electron chi connectivity index (χ4n) is 2.20. The van der Waals surface area contributed by atoms with Crippen LogP contribution in [-0.2, 0) is 6.42 Å². The maximum absolute atomic E-state index is 4.69. The molecule has 0 aliphatic heterocycles. The first kappa shape index (κ1) is 14.3. The third kappa shape index (κ3) is 3.25. The monoisotopic (exact) mass is 277 g/mol. The van der Waals surface area contributed by atoms with Crippen molar-refractivity contribution < 1.29 is 0 Å². The van der Waals surface area contributed by atoms with Crippen molar-refractivity contribution in [3.63, 3.8) is 0 Å². The van der Waals surface area contributed by atoms with E-state index in [0.717, 1.165) is 18.5 Å². The van der Waals surface area contributed by atoms with Crippen LogP contribution < -0.4 is 5.32 Å². The van der Waals surface area contributed by atoms with Gasteiger partial charge >= 0.3 is 0 Å². The summed E-state index contributed by atoms with van der Waals surface area (Å²) in [4.78, 5) is 1.42. The molecule has 2 unspecified atom stereocenters. The Morgan fingerprint density at radius 1 is 1.42 bits per heavy atom. The predicted octanol–water partition coefficient (Wildman–Crippen LogP) is 3.73. The molecule has 2 rings (SSSR count). The lowest BCUT2D eigenvalue weighted by molar-refractivity contribution is 0.469.